The van der Waals surface area contributed by atoms with Crippen molar-refractivity contribution in [1.82, 2.24) is 15.1 Å². The van der Waals surface area contributed by atoms with E-state index in [0.717, 1.165) is 22.4 Å². The number of carbonyl (C=O) groups excluding carboxylic acids is 2. The second-order valence-electron chi connectivity index (χ2n) is 5.56. The van der Waals surface area contributed by atoms with Crippen molar-refractivity contribution in [3.05, 3.63) is 46.6 Å². The Kier molecular flexibility index (Phi) is 3.66. The molecule has 2 N–H and O–H groups in total. The quantitative estimate of drug-likeness (QED) is 0.906. The van der Waals surface area contributed by atoms with Crippen LogP contribution in [0.25, 0.3) is 0 Å². The second-order valence-corrected chi connectivity index (χ2v) is 5.56. The van der Waals surface area contributed by atoms with Crippen molar-refractivity contribution in [2.24, 2.45) is 0 Å². The van der Waals surface area contributed by atoms with Crippen LogP contribution >= 0.6 is 0 Å². The molecular formula is C16H18N4O2. The third-order valence-electron chi connectivity index (χ3n) is 3.97. The number of benzene rings is 1. The highest BCUT2D eigenvalue weighted by molar-refractivity contribution is 5.92. The lowest BCUT2D eigenvalue weighted by Crippen LogP contribution is -2.23. The zero-order valence-electron chi connectivity index (χ0n) is 12.6. The molecule has 0 saturated heterocycles. The van der Waals surface area contributed by atoms with Gasteiger partial charge in [0.25, 0.3) is 0 Å². The van der Waals surface area contributed by atoms with Crippen LogP contribution in [0.2, 0.25) is 0 Å². The molecule has 2 heterocycles. The lowest BCUT2D eigenvalue weighted by Gasteiger charge is -2.12. The Morgan fingerprint density at radius 1 is 1.32 bits per heavy atom. The van der Waals surface area contributed by atoms with E-state index in [-0.39, 0.29) is 11.8 Å². The number of H-pyrrole nitrogens is 1. The fourth-order valence-electron chi connectivity index (χ4n) is 2.62. The number of nitrogens with one attached hydrogen (secondary N) is 2. The summed E-state index contributed by atoms with van der Waals surface area (Å²) in [6, 6.07) is 7.81. The number of hydrogen-bond acceptors (Lipinski definition) is 3. The van der Waals surface area contributed by atoms with Crippen LogP contribution in [0.1, 0.15) is 29.3 Å². The Bertz CT molecular complexity index is 735. The highest BCUT2D eigenvalue weighted by atomic mass is 16.2. The number of aryl methyl sites for hydroxylation is 1. The van der Waals surface area contributed by atoms with E-state index in [1.54, 1.807) is 4.90 Å². The van der Waals surface area contributed by atoms with E-state index in [1.165, 1.54) is 6.92 Å². The summed E-state index contributed by atoms with van der Waals surface area (Å²) < 4.78 is 0. The van der Waals surface area contributed by atoms with Crippen LogP contribution < -0.4 is 5.32 Å². The Morgan fingerprint density at radius 3 is 2.82 bits per heavy atom. The van der Waals surface area contributed by atoms with Gasteiger partial charge in [-0.2, -0.15) is 5.10 Å². The molecule has 3 rings (SSSR count). The molecule has 1 aromatic carbocycles. The third kappa shape index (κ3) is 2.72. The zero-order valence-corrected chi connectivity index (χ0v) is 12.6. The number of carbonyl (C=O) groups is 2. The highest BCUT2D eigenvalue weighted by Gasteiger charge is 2.27. The van der Waals surface area contributed by atoms with Crippen LogP contribution in [0.15, 0.2) is 24.3 Å². The van der Waals surface area contributed by atoms with Gasteiger partial charge in [-0.05, 0) is 18.1 Å². The Labute approximate surface area is 128 Å². The standard InChI is InChI=1S/C16H18N4O2/c1-10-5-3-4-6-12(10)7-15(22)17-16-13-8-20(11(2)21)9-14(13)18-19-16/h3-6H,7-9H2,1-2H3,(H2,17,18,19,22). The third-order valence-corrected chi connectivity index (χ3v) is 3.97. The molecule has 114 valence electrons. The largest absolute Gasteiger partial charge is 0.333 e. The number of anilines is 1. The Morgan fingerprint density at radius 2 is 2.09 bits per heavy atom. The summed E-state index contributed by atoms with van der Waals surface area (Å²) in [5, 5.41) is 9.87. The molecule has 0 fully saturated rings. The summed E-state index contributed by atoms with van der Waals surface area (Å²) in [4.78, 5) is 25.3. The molecule has 6 heteroatoms. The predicted octanol–water partition coefficient (Wildman–Crippen LogP) is 1.76. The molecule has 0 saturated carbocycles. The molecule has 2 aromatic rings. The van der Waals surface area contributed by atoms with Crippen LogP contribution in [-0.2, 0) is 29.1 Å². The predicted molar refractivity (Wildman–Crippen MR) is 82.0 cm³/mol. The smallest absolute Gasteiger partial charge is 0.230 e. The molecule has 0 unspecified atom stereocenters. The topological polar surface area (TPSA) is 78.1 Å². The number of aromatic nitrogens is 2. The maximum atomic E-state index is 12.2. The monoisotopic (exact) mass is 298 g/mol. The van der Waals surface area contributed by atoms with Gasteiger partial charge in [-0.3, -0.25) is 14.7 Å². The minimum atomic E-state index is -0.107. The molecule has 1 aromatic heterocycles. The zero-order chi connectivity index (χ0) is 15.7. The summed E-state index contributed by atoms with van der Waals surface area (Å²) in [6.07, 6.45) is 0.310. The van der Waals surface area contributed by atoms with E-state index in [9.17, 15) is 9.59 Å². The fourth-order valence-corrected chi connectivity index (χ4v) is 2.62. The number of amides is 2. The SMILES string of the molecule is CC(=O)N1Cc2[nH]nc(NC(=O)Cc3ccccc3C)c2C1. The van der Waals surface area contributed by atoms with Crippen molar-refractivity contribution in [3.63, 3.8) is 0 Å². The number of fused-ring (bicyclic) bond motifs is 1. The summed E-state index contributed by atoms with van der Waals surface area (Å²) in [6.45, 7) is 4.53. The van der Waals surface area contributed by atoms with Crippen molar-refractivity contribution in [2.45, 2.75) is 33.4 Å². The molecule has 0 spiro atoms. The van der Waals surface area contributed by atoms with Gasteiger partial charge >= 0.3 is 0 Å². The average molecular weight is 298 g/mol. The number of rotatable bonds is 3. The highest BCUT2D eigenvalue weighted by Crippen LogP contribution is 2.27. The molecule has 0 atom stereocenters. The van der Waals surface area contributed by atoms with Gasteiger partial charge in [-0.15, -0.1) is 0 Å². The number of aromatic amines is 1. The number of hydrogen-bond donors (Lipinski definition) is 2. The average Bonchev–Trinajstić information content (AvgIpc) is 3.03. The second kappa shape index (κ2) is 5.63. The summed E-state index contributed by atoms with van der Waals surface area (Å²) in [7, 11) is 0. The van der Waals surface area contributed by atoms with Crippen LogP contribution in [0.5, 0.6) is 0 Å². The van der Waals surface area contributed by atoms with Gasteiger partial charge in [0, 0.05) is 12.5 Å². The van der Waals surface area contributed by atoms with Gasteiger partial charge in [0.2, 0.25) is 11.8 Å². The molecule has 6 nitrogen and oxygen atoms in total. The molecule has 0 radical (unpaired) electrons. The van der Waals surface area contributed by atoms with Gasteiger partial charge < -0.3 is 10.2 Å². The number of nitrogens with zero attached hydrogens (tertiary/aromatic N) is 2. The molecule has 1 aliphatic rings. The van der Waals surface area contributed by atoms with Crippen LogP contribution in [0.3, 0.4) is 0 Å². The molecule has 22 heavy (non-hydrogen) atoms. The first-order valence-corrected chi connectivity index (χ1v) is 7.20. The van der Waals surface area contributed by atoms with Gasteiger partial charge in [-0.25, -0.2) is 0 Å². The van der Waals surface area contributed by atoms with E-state index < -0.39 is 0 Å². The fraction of sp³-hybridized carbons (Fsp3) is 0.312. The molecule has 0 aliphatic carbocycles. The van der Waals surface area contributed by atoms with E-state index in [0.29, 0.717) is 25.3 Å². The van der Waals surface area contributed by atoms with Crippen molar-refractivity contribution < 1.29 is 9.59 Å². The van der Waals surface area contributed by atoms with Crippen LogP contribution in [0.4, 0.5) is 5.82 Å². The lowest BCUT2D eigenvalue weighted by atomic mass is 10.1. The van der Waals surface area contributed by atoms with Crippen molar-refractivity contribution >= 4 is 17.6 Å². The normalized spacial score (nSPS) is 13.1. The molecule has 1 aliphatic heterocycles. The maximum absolute atomic E-state index is 12.2. The first kappa shape index (κ1) is 14.3. The minimum absolute atomic E-state index is 0.0155. The van der Waals surface area contributed by atoms with Gasteiger partial charge in [0.1, 0.15) is 0 Å². The van der Waals surface area contributed by atoms with Crippen LogP contribution in [0, 0.1) is 6.92 Å². The van der Waals surface area contributed by atoms with E-state index in [1.807, 2.05) is 31.2 Å². The lowest BCUT2D eigenvalue weighted by molar-refractivity contribution is -0.129. The van der Waals surface area contributed by atoms with Gasteiger partial charge in [-0.1, -0.05) is 24.3 Å². The van der Waals surface area contributed by atoms with Crippen molar-refractivity contribution in [2.75, 3.05) is 5.32 Å². The van der Waals surface area contributed by atoms with Gasteiger partial charge in [0.15, 0.2) is 5.82 Å². The first-order chi connectivity index (χ1) is 10.5. The summed E-state index contributed by atoms with van der Waals surface area (Å²) >= 11 is 0. The minimum Gasteiger partial charge on any atom is -0.333 e. The van der Waals surface area contributed by atoms with Crippen LogP contribution in [-0.4, -0.2) is 26.9 Å². The summed E-state index contributed by atoms with van der Waals surface area (Å²) in [5.41, 5.74) is 3.87. The maximum Gasteiger partial charge on any atom is 0.230 e. The van der Waals surface area contributed by atoms with Crippen molar-refractivity contribution in [3.8, 4) is 0 Å². The Hall–Kier alpha value is -2.63. The first-order valence-electron chi connectivity index (χ1n) is 7.20. The van der Waals surface area contributed by atoms with E-state index in [2.05, 4.69) is 15.5 Å². The molecule has 0 bridgehead atoms. The Balaban J connectivity index is 1.69. The van der Waals surface area contributed by atoms with E-state index in [4.69, 9.17) is 0 Å². The van der Waals surface area contributed by atoms with E-state index >= 15 is 0 Å². The summed E-state index contributed by atoms with van der Waals surface area (Å²) in [5.74, 6) is 0.434. The van der Waals surface area contributed by atoms with Gasteiger partial charge in [0.05, 0.1) is 25.2 Å². The molecule has 2 amide bonds. The molecular weight excluding hydrogens is 280 g/mol. The van der Waals surface area contributed by atoms with Crippen molar-refractivity contribution in [1.29, 1.82) is 0 Å².